The Hall–Kier alpha value is -1.95. The van der Waals surface area contributed by atoms with Crippen molar-refractivity contribution in [1.82, 2.24) is 10.2 Å². The van der Waals surface area contributed by atoms with Gasteiger partial charge < -0.3 is 19.7 Å². The van der Waals surface area contributed by atoms with E-state index < -0.39 is 6.04 Å². The first-order valence-electron chi connectivity index (χ1n) is 10.5. The highest BCUT2D eigenvalue weighted by Crippen LogP contribution is 2.33. The van der Waals surface area contributed by atoms with E-state index in [-0.39, 0.29) is 23.7 Å². The molecule has 0 radical (unpaired) electrons. The molecule has 0 spiro atoms. The number of hydrogen-bond acceptors (Lipinski definition) is 4. The number of rotatable bonds is 10. The van der Waals surface area contributed by atoms with Gasteiger partial charge in [-0.1, -0.05) is 32.3 Å². The highest BCUT2D eigenvalue weighted by atomic mass is 35.5. The third-order valence-electron chi connectivity index (χ3n) is 5.21. The number of nitrogens with one attached hydrogen (secondary N) is 1. The largest absolute Gasteiger partial charge is 0.493 e. The molecule has 0 saturated heterocycles. The minimum absolute atomic E-state index is 0.151. The molecular weight excluding hydrogens is 392 g/mol. The second kappa shape index (κ2) is 11.9. The van der Waals surface area contributed by atoms with Crippen LogP contribution in [0.3, 0.4) is 0 Å². The number of carbonyl (C=O) groups excluding carboxylic acids is 2. The molecule has 1 aliphatic carbocycles. The molecule has 1 atom stereocenters. The first kappa shape index (κ1) is 23.3. The van der Waals surface area contributed by atoms with E-state index in [1.54, 1.807) is 24.1 Å². The quantitative estimate of drug-likeness (QED) is 0.575. The van der Waals surface area contributed by atoms with Crippen LogP contribution in [0.25, 0.3) is 0 Å². The van der Waals surface area contributed by atoms with Crippen molar-refractivity contribution in [3.8, 4) is 11.5 Å². The molecule has 6 nitrogen and oxygen atoms in total. The van der Waals surface area contributed by atoms with Gasteiger partial charge in [0.15, 0.2) is 11.5 Å². The number of methoxy groups -OCH3 is 1. The zero-order valence-electron chi connectivity index (χ0n) is 17.7. The molecule has 0 aliphatic heterocycles. The molecule has 162 valence electrons. The van der Waals surface area contributed by atoms with Crippen LogP contribution in [0.15, 0.2) is 18.2 Å². The second-order valence-electron chi connectivity index (χ2n) is 7.31. The third kappa shape index (κ3) is 6.26. The summed E-state index contributed by atoms with van der Waals surface area (Å²) in [4.78, 5) is 27.5. The molecule has 1 saturated carbocycles. The summed E-state index contributed by atoms with van der Waals surface area (Å²) in [5.74, 6) is 0.548. The van der Waals surface area contributed by atoms with Crippen LogP contribution in [-0.2, 0) is 9.59 Å². The van der Waals surface area contributed by atoms with Crippen molar-refractivity contribution >= 4 is 23.4 Å². The van der Waals surface area contributed by atoms with Crippen LogP contribution in [0.5, 0.6) is 11.5 Å². The zero-order valence-corrected chi connectivity index (χ0v) is 18.5. The number of alkyl halides is 1. The minimum Gasteiger partial charge on any atom is -0.493 e. The van der Waals surface area contributed by atoms with E-state index in [4.69, 9.17) is 21.1 Å². The molecule has 0 bridgehead atoms. The van der Waals surface area contributed by atoms with Gasteiger partial charge >= 0.3 is 0 Å². The maximum Gasteiger partial charge on any atom is 0.247 e. The van der Waals surface area contributed by atoms with Gasteiger partial charge in [0.1, 0.15) is 11.9 Å². The Morgan fingerprint density at radius 2 is 1.93 bits per heavy atom. The fourth-order valence-corrected chi connectivity index (χ4v) is 4.00. The summed E-state index contributed by atoms with van der Waals surface area (Å²) in [6, 6.07) is 4.78. The van der Waals surface area contributed by atoms with Crippen LogP contribution in [0.2, 0.25) is 0 Å². The Morgan fingerprint density at radius 1 is 1.21 bits per heavy atom. The van der Waals surface area contributed by atoms with Crippen LogP contribution in [-0.4, -0.2) is 48.9 Å². The van der Waals surface area contributed by atoms with Crippen molar-refractivity contribution in [2.24, 2.45) is 0 Å². The van der Waals surface area contributed by atoms with E-state index >= 15 is 0 Å². The summed E-state index contributed by atoms with van der Waals surface area (Å²) in [7, 11) is 1.56. The number of nitrogens with zero attached hydrogens (tertiary/aromatic N) is 1. The Balaban J connectivity index is 2.39. The summed E-state index contributed by atoms with van der Waals surface area (Å²) in [6.07, 6.45) is 6.12. The fraction of sp³-hybridized carbons (Fsp3) is 0.636. The van der Waals surface area contributed by atoms with Gasteiger partial charge in [-0.25, -0.2) is 0 Å². The molecule has 29 heavy (non-hydrogen) atoms. The van der Waals surface area contributed by atoms with Crippen molar-refractivity contribution in [3.05, 3.63) is 23.8 Å². The maximum absolute atomic E-state index is 13.3. The molecule has 0 heterocycles. The van der Waals surface area contributed by atoms with Crippen LogP contribution in [0, 0.1) is 0 Å². The standard InChI is InChI=1S/C22H33ClN2O4/c1-4-13-25(20(26)15-23)21(22(27)24-17-9-7-6-8-10-17)16-11-12-18(29-5-2)19(14-16)28-3/h11-12,14,17,21H,4-10,13,15H2,1-3H3,(H,24,27). The SMILES string of the molecule is CCCN(C(=O)CCl)C(C(=O)NC1CCCCC1)c1ccc(OCC)c(OC)c1. The molecule has 7 heteroatoms. The van der Waals surface area contributed by atoms with Crippen LogP contribution in [0.1, 0.15) is 64.0 Å². The molecule has 0 aromatic heterocycles. The normalized spacial score (nSPS) is 15.4. The predicted octanol–water partition coefficient (Wildman–Crippen LogP) is 4.06. The third-order valence-corrected chi connectivity index (χ3v) is 5.44. The monoisotopic (exact) mass is 424 g/mol. The van der Waals surface area contributed by atoms with Crippen molar-refractivity contribution in [2.75, 3.05) is 26.1 Å². The number of benzene rings is 1. The number of halogens is 1. The van der Waals surface area contributed by atoms with Crippen molar-refractivity contribution in [2.45, 2.75) is 64.5 Å². The number of amides is 2. The highest BCUT2D eigenvalue weighted by molar-refractivity contribution is 6.27. The molecule has 2 amide bonds. The van der Waals surface area contributed by atoms with E-state index in [2.05, 4.69) is 5.32 Å². The summed E-state index contributed by atoms with van der Waals surface area (Å²) >= 11 is 5.87. The average molecular weight is 425 g/mol. The average Bonchev–Trinajstić information content (AvgIpc) is 2.74. The Bertz CT molecular complexity index is 677. The van der Waals surface area contributed by atoms with Gasteiger partial charge in [-0.2, -0.15) is 0 Å². The van der Waals surface area contributed by atoms with E-state index in [9.17, 15) is 9.59 Å². The lowest BCUT2D eigenvalue weighted by atomic mass is 9.94. The van der Waals surface area contributed by atoms with E-state index in [1.165, 1.54) is 6.42 Å². The lowest BCUT2D eigenvalue weighted by Crippen LogP contribution is -2.47. The van der Waals surface area contributed by atoms with Crippen LogP contribution < -0.4 is 14.8 Å². The lowest BCUT2D eigenvalue weighted by Gasteiger charge is -2.33. The van der Waals surface area contributed by atoms with Crippen molar-refractivity contribution < 1.29 is 19.1 Å². The van der Waals surface area contributed by atoms with E-state index in [0.29, 0.717) is 30.2 Å². The van der Waals surface area contributed by atoms with Gasteiger partial charge in [-0.05, 0) is 43.9 Å². The topological polar surface area (TPSA) is 67.9 Å². The molecular formula is C22H33ClN2O4. The molecule has 1 aromatic carbocycles. The van der Waals surface area contributed by atoms with Crippen LogP contribution >= 0.6 is 11.6 Å². The van der Waals surface area contributed by atoms with Gasteiger partial charge in [-0.3, -0.25) is 9.59 Å². The summed E-state index contributed by atoms with van der Waals surface area (Å²) in [5, 5.41) is 3.16. The summed E-state index contributed by atoms with van der Waals surface area (Å²) in [5.41, 5.74) is 0.686. The summed E-state index contributed by atoms with van der Waals surface area (Å²) in [6.45, 7) is 4.83. The molecule has 1 unspecified atom stereocenters. The lowest BCUT2D eigenvalue weighted by molar-refractivity contribution is -0.139. The van der Waals surface area contributed by atoms with Gasteiger partial charge in [0.05, 0.1) is 13.7 Å². The highest BCUT2D eigenvalue weighted by Gasteiger charge is 2.32. The Labute approximate surface area is 178 Å². The first-order valence-corrected chi connectivity index (χ1v) is 11.1. The van der Waals surface area contributed by atoms with Gasteiger partial charge in [0.2, 0.25) is 11.8 Å². The van der Waals surface area contributed by atoms with Gasteiger partial charge in [0.25, 0.3) is 0 Å². The fourth-order valence-electron chi connectivity index (χ4n) is 3.84. The molecule has 1 N–H and O–H groups in total. The van der Waals surface area contributed by atoms with Crippen molar-refractivity contribution in [3.63, 3.8) is 0 Å². The molecule has 1 fully saturated rings. The second-order valence-corrected chi connectivity index (χ2v) is 7.58. The Morgan fingerprint density at radius 3 is 2.52 bits per heavy atom. The maximum atomic E-state index is 13.3. The number of hydrogen-bond donors (Lipinski definition) is 1. The minimum atomic E-state index is -0.757. The van der Waals surface area contributed by atoms with Crippen LogP contribution in [0.4, 0.5) is 0 Å². The molecule has 1 aliphatic rings. The van der Waals surface area contributed by atoms with Gasteiger partial charge in [0, 0.05) is 12.6 Å². The number of carbonyl (C=O) groups is 2. The van der Waals surface area contributed by atoms with Crippen molar-refractivity contribution in [1.29, 1.82) is 0 Å². The Kier molecular flexibility index (Phi) is 9.58. The smallest absolute Gasteiger partial charge is 0.247 e. The number of ether oxygens (including phenoxy) is 2. The van der Waals surface area contributed by atoms with E-state index in [1.807, 2.05) is 19.9 Å². The predicted molar refractivity (Wildman–Crippen MR) is 115 cm³/mol. The molecule has 1 aromatic rings. The van der Waals surface area contributed by atoms with Gasteiger partial charge in [-0.15, -0.1) is 11.6 Å². The zero-order chi connectivity index (χ0) is 21.2. The molecule has 2 rings (SSSR count). The first-order chi connectivity index (χ1) is 14.0. The van der Waals surface area contributed by atoms with E-state index in [0.717, 1.165) is 32.1 Å². The summed E-state index contributed by atoms with van der Waals surface area (Å²) < 4.78 is 11.1.